The van der Waals surface area contributed by atoms with Crippen LogP contribution in [0.4, 0.5) is 5.82 Å². The lowest BCUT2D eigenvalue weighted by atomic mass is 10.1. The summed E-state index contributed by atoms with van der Waals surface area (Å²) in [7, 11) is 3.61. The van der Waals surface area contributed by atoms with Gasteiger partial charge in [-0.3, -0.25) is 0 Å². The van der Waals surface area contributed by atoms with Crippen molar-refractivity contribution in [2.75, 3.05) is 25.6 Å². The van der Waals surface area contributed by atoms with Crippen LogP contribution in [0, 0.1) is 0 Å². The fraction of sp³-hybridized carbons (Fsp3) is 0.333. The quantitative estimate of drug-likeness (QED) is 0.767. The van der Waals surface area contributed by atoms with Crippen molar-refractivity contribution in [3.63, 3.8) is 0 Å². The van der Waals surface area contributed by atoms with Gasteiger partial charge >= 0.3 is 0 Å². The number of ether oxygens (including phenoxy) is 1. The topological polar surface area (TPSA) is 38.2 Å². The third-order valence-electron chi connectivity index (χ3n) is 2.97. The summed E-state index contributed by atoms with van der Waals surface area (Å²) in [6.45, 7) is 1.23. The van der Waals surface area contributed by atoms with E-state index in [-0.39, 0.29) is 0 Å². The van der Waals surface area contributed by atoms with Gasteiger partial charge in [0.15, 0.2) is 5.82 Å². The SMILES string of the molecule is COCc1nc(Cl)cc(N(C)CCc2ccccc2)n1. The Morgan fingerprint density at radius 2 is 1.95 bits per heavy atom. The molecular weight excluding hydrogens is 274 g/mol. The average molecular weight is 292 g/mol. The smallest absolute Gasteiger partial charge is 0.158 e. The monoisotopic (exact) mass is 291 g/mol. The number of hydrogen-bond acceptors (Lipinski definition) is 4. The van der Waals surface area contributed by atoms with Gasteiger partial charge in [0.1, 0.15) is 17.6 Å². The van der Waals surface area contributed by atoms with Gasteiger partial charge in [0.2, 0.25) is 0 Å². The second-order valence-corrected chi connectivity index (χ2v) is 4.94. The normalized spacial score (nSPS) is 10.6. The molecule has 0 aliphatic heterocycles. The van der Waals surface area contributed by atoms with E-state index in [0.717, 1.165) is 18.8 Å². The molecule has 0 bridgehead atoms. The summed E-state index contributed by atoms with van der Waals surface area (Å²) in [5.74, 6) is 1.41. The molecule has 2 aromatic rings. The number of nitrogens with zero attached hydrogens (tertiary/aromatic N) is 3. The maximum atomic E-state index is 6.01. The summed E-state index contributed by atoms with van der Waals surface area (Å²) in [4.78, 5) is 10.6. The number of hydrogen-bond donors (Lipinski definition) is 0. The molecule has 1 aromatic heterocycles. The van der Waals surface area contributed by atoms with Crippen LogP contribution >= 0.6 is 11.6 Å². The second-order valence-electron chi connectivity index (χ2n) is 4.56. The van der Waals surface area contributed by atoms with Gasteiger partial charge in [0.05, 0.1) is 0 Å². The molecule has 0 atom stereocenters. The second kappa shape index (κ2) is 7.22. The summed E-state index contributed by atoms with van der Waals surface area (Å²) >= 11 is 6.01. The zero-order valence-corrected chi connectivity index (χ0v) is 12.5. The molecule has 0 fully saturated rings. The van der Waals surface area contributed by atoms with Crippen LogP contribution in [0.3, 0.4) is 0 Å². The lowest BCUT2D eigenvalue weighted by molar-refractivity contribution is 0.178. The minimum atomic E-state index is 0.361. The number of halogens is 1. The highest BCUT2D eigenvalue weighted by Crippen LogP contribution is 2.16. The first-order chi connectivity index (χ1) is 9.69. The Kier molecular flexibility index (Phi) is 5.32. The summed E-state index contributed by atoms with van der Waals surface area (Å²) in [5, 5.41) is 0.439. The van der Waals surface area contributed by atoms with Crippen LogP contribution in [0.25, 0.3) is 0 Å². The molecule has 0 N–H and O–H groups in total. The van der Waals surface area contributed by atoms with E-state index in [1.165, 1.54) is 5.56 Å². The van der Waals surface area contributed by atoms with Gasteiger partial charge in [-0.05, 0) is 12.0 Å². The zero-order valence-electron chi connectivity index (χ0n) is 11.7. The fourth-order valence-corrected chi connectivity index (χ4v) is 2.09. The summed E-state index contributed by atoms with van der Waals surface area (Å²) < 4.78 is 5.04. The van der Waals surface area contributed by atoms with Crippen LogP contribution in [-0.2, 0) is 17.8 Å². The minimum Gasteiger partial charge on any atom is -0.377 e. The number of aromatic nitrogens is 2. The molecule has 20 heavy (non-hydrogen) atoms. The van der Waals surface area contributed by atoms with Crippen molar-refractivity contribution >= 4 is 17.4 Å². The van der Waals surface area contributed by atoms with Crippen molar-refractivity contribution in [2.24, 2.45) is 0 Å². The van der Waals surface area contributed by atoms with Crippen molar-refractivity contribution in [1.29, 1.82) is 0 Å². The molecule has 0 saturated heterocycles. The lowest BCUT2D eigenvalue weighted by Crippen LogP contribution is -2.22. The predicted octanol–water partition coefficient (Wildman–Crippen LogP) is 2.96. The first-order valence-electron chi connectivity index (χ1n) is 6.46. The Hall–Kier alpha value is -1.65. The average Bonchev–Trinajstić information content (AvgIpc) is 2.45. The molecular formula is C15H18ClN3O. The van der Waals surface area contributed by atoms with E-state index in [4.69, 9.17) is 16.3 Å². The number of likely N-dealkylation sites (N-methyl/N-ethyl adjacent to an activating group) is 1. The molecule has 0 aliphatic rings. The summed E-state index contributed by atoms with van der Waals surface area (Å²) in [6.07, 6.45) is 0.957. The highest BCUT2D eigenvalue weighted by Gasteiger charge is 2.07. The molecule has 0 saturated carbocycles. The number of rotatable bonds is 6. The van der Waals surface area contributed by atoms with E-state index in [9.17, 15) is 0 Å². The van der Waals surface area contributed by atoms with Crippen molar-refractivity contribution in [2.45, 2.75) is 13.0 Å². The minimum absolute atomic E-state index is 0.361. The van der Waals surface area contributed by atoms with Crippen molar-refractivity contribution in [3.8, 4) is 0 Å². The molecule has 0 amide bonds. The van der Waals surface area contributed by atoms with Crippen molar-refractivity contribution < 1.29 is 4.74 Å². The molecule has 5 heteroatoms. The van der Waals surface area contributed by atoms with Gasteiger partial charge in [-0.2, -0.15) is 0 Å². The van der Waals surface area contributed by atoms with E-state index in [0.29, 0.717) is 17.6 Å². The van der Waals surface area contributed by atoms with Crippen LogP contribution < -0.4 is 4.90 Å². The van der Waals surface area contributed by atoms with Gasteiger partial charge in [-0.25, -0.2) is 9.97 Å². The van der Waals surface area contributed by atoms with Gasteiger partial charge in [-0.1, -0.05) is 41.9 Å². The van der Waals surface area contributed by atoms with Crippen molar-refractivity contribution in [3.05, 3.63) is 52.9 Å². The molecule has 0 spiro atoms. The standard InChI is InChI=1S/C15H18ClN3O/c1-19(9-8-12-6-4-3-5-7-12)15-10-13(16)17-14(18-15)11-20-2/h3-7,10H,8-9,11H2,1-2H3. The predicted molar refractivity (Wildman–Crippen MR) is 81.2 cm³/mol. The van der Waals surface area contributed by atoms with E-state index >= 15 is 0 Å². The summed E-state index contributed by atoms with van der Waals surface area (Å²) in [6, 6.07) is 12.1. The van der Waals surface area contributed by atoms with Gasteiger partial charge in [0.25, 0.3) is 0 Å². The third kappa shape index (κ3) is 4.18. The Balaban J connectivity index is 2.03. The van der Waals surface area contributed by atoms with Crippen molar-refractivity contribution in [1.82, 2.24) is 9.97 Å². The Morgan fingerprint density at radius 1 is 1.20 bits per heavy atom. The van der Waals surface area contributed by atoms with Crippen LogP contribution in [0.2, 0.25) is 5.15 Å². The molecule has 4 nitrogen and oxygen atoms in total. The molecule has 0 aliphatic carbocycles. The Bertz CT molecular complexity index is 548. The van der Waals surface area contributed by atoms with Crippen LogP contribution in [0.1, 0.15) is 11.4 Å². The Labute approximate surface area is 124 Å². The number of benzene rings is 1. The van der Waals surface area contributed by atoms with E-state index in [2.05, 4.69) is 27.0 Å². The van der Waals surface area contributed by atoms with Crippen LogP contribution in [0.5, 0.6) is 0 Å². The number of methoxy groups -OCH3 is 1. The maximum absolute atomic E-state index is 6.01. The maximum Gasteiger partial charge on any atom is 0.158 e. The third-order valence-corrected chi connectivity index (χ3v) is 3.16. The lowest BCUT2D eigenvalue weighted by Gasteiger charge is -2.18. The first-order valence-corrected chi connectivity index (χ1v) is 6.84. The molecule has 0 unspecified atom stereocenters. The molecule has 0 radical (unpaired) electrons. The van der Waals surface area contributed by atoms with Gasteiger partial charge < -0.3 is 9.64 Å². The van der Waals surface area contributed by atoms with E-state index in [1.807, 2.05) is 25.2 Å². The van der Waals surface area contributed by atoms with Gasteiger partial charge in [0, 0.05) is 26.8 Å². The van der Waals surface area contributed by atoms with Crippen LogP contribution in [0.15, 0.2) is 36.4 Å². The first kappa shape index (κ1) is 14.8. The molecule has 1 aromatic carbocycles. The van der Waals surface area contributed by atoms with Crippen LogP contribution in [-0.4, -0.2) is 30.7 Å². The number of anilines is 1. The molecule has 1 heterocycles. The molecule has 106 valence electrons. The van der Waals surface area contributed by atoms with E-state index in [1.54, 1.807) is 13.2 Å². The summed E-state index contributed by atoms with van der Waals surface area (Å²) in [5.41, 5.74) is 1.30. The zero-order chi connectivity index (χ0) is 14.4. The highest BCUT2D eigenvalue weighted by molar-refractivity contribution is 6.29. The largest absolute Gasteiger partial charge is 0.377 e. The molecule has 2 rings (SSSR count). The fourth-order valence-electron chi connectivity index (χ4n) is 1.90. The van der Waals surface area contributed by atoms with Gasteiger partial charge in [-0.15, -0.1) is 0 Å². The highest BCUT2D eigenvalue weighted by atomic mass is 35.5. The van der Waals surface area contributed by atoms with E-state index < -0.39 is 0 Å². The Morgan fingerprint density at radius 3 is 2.65 bits per heavy atom.